The Kier molecular flexibility index (Phi) is 9.07. The topological polar surface area (TPSA) is 167 Å². The van der Waals surface area contributed by atoms with Crippen LogP contribution >= 0.6 is 0 Å². The van der Waals surface area contributed by atoms with Crippen LogP contribution in [0.2, 0.25) is 0 Å². The molecule has 2 atom stereocenters. The molecule has 1 aliphatic rings. The maximum absolute atomic E-state index is 13.2. The van der Waals surface area contributed by atoms with Crippen LogP contribution in [0.1, 0.15) is 43.6 Å². The summed E-state index contributed by atoms with van der Waals surface area (Å²) >= 11 is 0. The normalized spacial score (nSPS) is 19.3. The van der Waals surface area contributed by atoms with E-state index in [1.165, 1.54) is 30.6 Å². The number of benzene rings is 2. The van der Waals surface area contributed by atoms with Crippen molar-refractivity contribution in [1.82, 2.24) is 26.5 Å². The van der Waals surface area contributed by atoms with Crippen molar-refractivity contribution in [2.45, 2.75) is 24.9 Å². The van der Waals surface area contributed by atoms with Gasteiger partial charge in [0.1, 0.15) is 35.0 Å². The van der Waals surface area contributed by atoms with E-state index < -0.39 is 35.7 Å². The first-order valence-electron chi connectivity index (χ1n) is 13.4. The second-order valence-electron chi connectivity index (χ2n) is 9.55. The quantitative estimate of drug-likeness (QED) is 0.289. The number of aromatic nitrogens is 1. The van der Waals surface area contributed by atoms with Crippen LogP contribution in [-0.4, -0.2) is 53.1 Å². The molecule has 0 saturated carbocycles. The summed E-state index contributed by atoms with van der Waals surface area (Å²) in [6.45, 7) is 0. The number of carbonyl (C=O) groups is 4. The van der Waals surface area contributed by atoms with E-state index in [9.17, 15) is 19.2 Å². The zero-order valence-electron chi connectivity index (χ0n) is 22.8. The number of pyridine rings is 1. The average Bonchev–Trinajstić information content (AvgIpc) is 3.48. The lowest BCUT2D eigenvalue weighted by molar-refractivity contribution is -0.123. The molecule has 4 aromatic rings. The van der Waals surface area contributed by atoms with Gasteiger partial charge in [0, 0.05) is 12.8 Å². The molecule has 216 valence electrons. The first kappa shape index (κ1) is 28.6. The summed E-state index contributed by atoms with van der Waals surface area (Å²) in [6, 6.07) is 23.8. The first-order valence-corrected chi connectivity index (χ1v) is 13.4. The van der Waals surface area contributed by atoms with Crippen LogP contribution in [0.3, 0.4) is 0 Å². The van der Waals surface area contributed by atoms with Crippen molar-refractivity contribution in [2.75, 3.05) is 0 Å². The van der Waals surface area contributed by atoms with Gasteiger partial charge in [-0.3, -0.25) is 19.2 Å². The van der Waals surface area contributed by atoms with Gasteiger partial charge in [0.15, 0.2) is 0 Å². The Labute approximate surface area is 246 Å². The Balaban J connectivity index is 1.46. The molecule has 0 radical (unpaired) electrons. The number of carbonyl (C=O) groups excluding carboxylic acids is 4. The molecule has 3 heterocycles. The molecule has 2 aromatic heterocycles. The Bertz CT molecular complexity index is 1550. The van der Waals surface area contributed by atoms with Gasteiger partial charge in [-0.25, -0.2) is 15.8 Å². The minimum absolute atomic E-state index is 0.0896. The molecule has 0 aliphatic carbocycles. The molecule has 43 heavy (non-hydrogen) atoms. The molecule has 0 spiro atoms. The van der Waals surface area contributed by atoms with Crippen LogP contribution in [-0.2, 0) is 22.4 Å². The third-order valence-electron chi connectivity index (χ3n) is 6.40. The van der Waals surface area contributed by atoms with E-state index in [2.05, 4.69) is 36.7 Å². The zero-order chi connectivity index (χ0) is 30.0. The molecule has 0 unspecified atom stereocenters. The van der Waals surface area contributed by atoms with Crippen LogP contribution in [0, 0.1) is 0 Å². The van der Waals surface area contributed by atoms with Crippen molar-refractivity contribution in [1.29, 1.82) is 0 Å². The highest BCUT2D eigenvalue weighted by Crippen LogP contribution is 2.09. The predicted molar refractivity (Wildman–Crippen MR) is 157 cm³/mol. The molecule has 5 rings (SSSR count). The average molecular weight is 578 g/mol. The first-order chi connectivity index (χ1) is 20.9. The molecule has 4 amide bonds. The highest BCUT2D eigenvalue weighted by Gasteiger charge is 2.25. The van der Waals surface area contributed by atoms with Crippen LogP contribution in [0.25, 0.3) is 0 Å². The van der Waals surface area contributed by atoms with Crippen molar-refractivity contribution >= 4 is 36.1 Å². The highest BCUT2D eigenvalue weighted by molar-refractivity contribution is 5.99. The lowest BCUT2D eigenvalue weighted by Crippen LogP contribution is -2.47. The third kappa shape index (κ3) is 7.85. The van der Waals surface area contributed by atoms with Crippen molar-refractivity contribution in [3.8, 4) is 0 Å². The Morgan fingerprint density at radius 3 is 1.44 bits per heavy atom. The van der Waals surface area contributed by atoms with E-state index in [4.69, 9.17) is 4.42 Å². The summed E-state index contributed by atoms with van der Waals surface area (Å²) in [4.78, 5) is 56.8. The second kappa shape index (κ2) is 13.6. The van der Waals surface area contributed by atoms with Crippen molar-refractivity contribution in [3.63, 3.8) is 0 Å². The van der Waals surface area contributed by atoms with E-state index in [-0.39, 0.29) is 24.2 Å². The molecule has 12 heteroatoms. The maximum atomic E-state index is 13.2. The SMILES string of the molecule is O=C1N[C@@H](Cc2ccccc2)C(=O)N/N=C/c2ccc(o2)/C=N/NC(=O)[C@H](Cc2ccccc2)NC(=O)c2cccc1n2. The fraction of sp³-hybridized carbons (Fsp3) is 0.129. The largest absolute Gasteiger partial charge is 0.454 e. The fourth-order valence-corrected chi connectivity index (χ4v) is 4.25. The summed E-state index contributed by atoms with van der Waals surface area (Å²) in [6.07, 6.45) is 2.94. The van der Waals surface area contributed by atoms with Gasteiger partial charge in [0.2, 0.25) is 0 Å². The molecule has 2 aromatic carbocycles. The number of furan rings is 1. The highest BCUT2D eigenvalue weighted by atomic mass is 16.3. The van der Waals surface area contributed by atoms with E-state index >= 15 is 0 Å². The Hall–Kier alpha value is -5.91. The van der Waals surface area contributed by atoms with Gasteiger partial charge in [0.25, 0.3) is 23.6 Å². The number of hydrogen-bond acceptors (Lipinski definition) is 8. The molecule has 0 fully saturated rings. The number of nitrogens with zero attached hydrogens (tertiary/aromatic N) is 3. The minimum atomic E-state index is -1.02. The maximum Gasteiger partial charge on any atom is 0.270 e. The number of nitrogens with one attached hydrogen (secondary N) is 4. The smallest absolute Gasteiger partial charge is 0.270 e. The van der Waals surface area contributed by atoms with E-state index in [0.717, 1.165) is 11.1 Å². The zero-order valence-corrected chi connectivity index (χ0v) is 22.8. The number of hydrogen-bond donors (Lipinski definition) is 4. The number of amides is 4. The standard InChI is InChI=1S/C31H27N7O5/c39-28-24-12-7-13-25(34-24)29(40)36-27(17-21-10-5-2-6-11-21)31(42)38-33-19-23-15-14-22(43-23)18-32-37-30(41)26(35-28)16-20-8-3-1-4-9-20/h1-15,18-19,26-27H,16-17H2,(H,35,39)(H,36,40)(H,37,41)(H,38,42)/b32-18+,33-19+/t26-,27-/m0/s1. The second-order valence-corrected chi connectivity index (χ2v) is 9.55. The summed E-state index contributed by atoms with van der Waals surface area (Å²) in [5, 5.41) is 13.3. The summed E-state index contributed by atoms with van der Waals surface area (Å²) in [5.41, 5.74) is 6.27. The van der Waals surface area contributed by atoms with Gasteiger partial charge in [-0.2, -0.15) is 10.2 Å². The molecular weight excluding hydrogens is 550 g/mol. The molecule has 0 saturated heterocycles. The summed E-state index contributed by atoms with van der Waals surface area (Å²) < 4.78 is 5.59. The van der Waals surface area contributed by atoms with E-state index in [1.807, 2.05) is 60.7 Å². The van der Waals surface area contributed by atoms with Crippen LogP contribution in [0.4, 0.5) is 0 Å². The third-order valence-corrected chi connectivity index (χ3v) is 6.40. The van der Waals surface area contributed by atoms with Gasteiger partial charge in [-0.1, -0.05) is 66.7 Å². The van der Waals surface area contributed by atoms with Crippen LogP contribution in [0.15, 0.2) is 106 Å². The predicted octanol–water partition coefficient (Wildman–Crippen LogP) is 1.97. The van der Waals surface area contributed by atoms with Gasteiger partial charge >= 0.3 is 0 Å². The number of rotatable bonds is 4. The summed E-state index contributed by atoms with van der Waals surface area (Å²) in [7, 11) is 0. The minimum Gasteiger partial charge on any atom is -0.454 e. The van der Waals surface area contributed by atoms with Gasteiger partial charge < -0.3 is 15.1 Å². The number of fused-ring (bicyclic) bond motifs is 4. The lowest BCUT2D eigenvalue weighted by atomic mass is 10.0. The summed E-state index contributed by atoms with van der Waals surface area (Å²) in [5.74, 6) is -1.88. The monoisotopic (exact) mass is 577 g/mol. The molecular formula is C31H27N7O5. The van der Waals surface area contributed by atoms with Crippen LogP contribution < -0.4 is 21.5 Å². The molecule has 12 nitrogen and oxygen atoms in total. The number of hydrazone groups is 2. The van der Waals surface area contributed by atoms with Crippen molar-refractivity contribution in [3.05, 3.63) is 125 Å². The van der Waals surface area contributed by atoms with Gasteiger partial charge in [-0.15, -0.1) is 0 Å². The van der Waals surface area contributed by atoms with E-state index in [0.29, 0.717) is 11.5 Å². The lowest BCUT2D eigenvalue weighted by Gasteiger charge is -2.18. The molecule has 4 bridgehead atoms. The van der Waals surface area contributed by atoms with Crippen molar-refractivity contribution in [2.24, 2.45) is 10.2 Å². The Morgan fingerprint density at radius 2 is 1.00 bits per heavy atom. The molecule has 1 aliphatic heterocycles. The van der Waals surface area contributed by atoms with Crippen LogP contribution in [0.5, 0.6) is 0 Å². The van der Waals surface area contributed by atoms with Gasteiger partial charge in [0.05, 0.1) is 12.4 Å². The van der Waals surface area contributed by atoms with E-state index in [1.54, 1.807) is 12.1 Å². The van der Waals surface area contributed by atoms with Crippen molar-refractivity contribution < 1.29 is 23.6 Å². The fourth-order valence-electron chi connectivity index (χ4n) is 4.25. The Morgan fingerprint density at radius 1 is 0.558 bits per heavy atom. The van der Waals surface area contributed by atoms with Gasteiger partial charge in [-0.05, 0) is 35.4 Å². The molecule has 4 N–H and O–H groups in total.